The average Bonchev–Trinajstić information content (AvgIpc) is 3.56. The molecule has 6 nitrogen and oxygen atoms in total. The van der Waals surface area contributed by atoms with Crippen LogP contribution in [0.15, 0.2) is 97.1 Å². The fourth-order valence-electron chi connectivity index (χ4n) is 7.33. The lowest BCUT2D eigenvalue weighted by atomic mass is 9.58. The van der Waals surface area contributed by atoms with Crippen LogP contribution in [0.4, 0.5) is 5.69 Å². The van der Waals surface area contributed by atoms with E-state index in [1.54, 1.807) is 20.3 Å². The quantitative estimate of drug-likeness (QED) is 0.380. The summed E-state index contributed by atoms with van der Waals surface area (Å²) in [5, 5.41) is 6.91. The van der Waals surface area contributed by atoms with Crippen molar-refractivity contribution in [1.29, 1.82) is 0 Å². The van der Waals surface area contributed by atoms with E-state index in [1.165, 1.54) is 0 Å². The molecule has 0 bridgehead atoms. The summed E-state index contributed by atoms with van der Waals surface area (Å²) in [4.78, 5) is 29.4. The first-order valence-corrected chi connectivity index (χ1v) is 13.1. The van der Waals surface area contributed by atoms with Crippen molar-refractivity contribution in [2.75, 3.05) is 19.5 Å². The summed E-state index contributed by atoms with van der Waals surface area (Å²) in [6.07, 6.45) is 0.374. The Balaban J connectivity index is 1.56. The lowest BCUT2D eigenvalue weighted by molar-refractivity contribution is -0.124. The number of para-hydroxylation sites is 1. The molecule has 1 saturated heterocycles. The van der Waals surface area contributed by atoms with Crippen molar-refractivity contribution in [2.24, 2.45) is 5.41 Å². The number of ketones is 1. The minimum Gasteiger partial charge on any atom is -0.493 e. The standard InChI is InChI=1S/C33H28N2O4/c1-38-26-17-22-19-32(30(36)23(22)18-27(26)39-2)28(20-11-5-3-6-12-20)29(21-13-7-4-8-14-21)35-33(32)24-15-9-10-16-25(24)34-31(33)37/h3-18,28-29,35H,19H2,1-2H3,(H,34,37). The summed E-state index contributed by atoms with van der Waals surface area (Å²) < 4.78 is 11.2. The van der Waals surface area contributed by atoms with Crippen LogP contribution in [-0.4, -0.2) is 25.9 Å². The Morgan fingerprint density at radius 1 is 0.769 bits per heavy atom. The maximum Gasteiger partial charge on any atom is 0.250 e. The first kappa shape index (κ1) is 23.7. The molecule has 1 amide bonds. The van der Waals surface area contributed by atoms with Crippen molar-refractivity contribution < 1.29 is 19.1 Å². The highest BCUT2D eigenvalue weighted by atomic mass is 16.5. The summed E-state index contributed by atoms with van der Waals surface area (Å²) in [7, 11) is 3.16. The van der Waals surface area contributed by atoms with Crippen molar-refractivity contribution in [2.45, 2.75) is 23.9 Å². The van der Waals surface area contributed by atoms with Gasteiger partial charge in [-0.3, -0.25) is 14.9 Å². The number of Topliss-reactive ketones (excluding diaryl/α,β-unsaturated/α-hetero) is 1. The molecule has 4 aromatic rings. The van der Waals surface area contributed by atoms with E-state index in [1.807, 2.05) is 66.7 Å². The van der Waals surface area contributed by atoms with Crippen molar-refractivity contribution in [3.63, 3.8) is 0 Å². The van der Waals surface area contributed by atoms with Gasteiger partial charge in [-0.1, -0.05) is 78.9 Å². The van der Waals surface area contributed by atoms with E-state index in [4.69, 9.17) is 9.47 Å². The van der Waals surface area contributed by atoms with Gasteiger partial charge in [-0.2, -0.15) is 0 Å². The van der Waals surface area contributed by atoms with Gasteiger partial charge in [0.15, 0.2) is 17.3 Å². The number of hydrogen-bond donors (Lipinski definition) is 2. The average molecular weight is 517 g/mol. The number of hydrogen-bond acceptors (Lipinski definition) is 5. The Morgan fingerprint density at radius 2 is 1.38 bits per heavy atom. The molecule has 1 aliphatic carbocycles. The minimum absolute atomic E-state index is 0.0647. The SMILES string of the molecule is COc1cc2c(cc1OC)C(=O)C1(C2)C(c2ccccc2)C(c2ccccc2)NC12C(=O)Nc1ccccc12. The summed E-state index contributed by atoms with van der Waals surface area (Å²) in [6, 6.07) is 31.3. The topological polar surface area (TPSA) is 76.7 Å². The van der Waals surface area contributed by atoms with E-state index >= 15 is 4.79 Å². The molecular weight excluding hydrogens is 488 g/mol. The smallest absolute Gasteiger partial charge is 0.250 e. The lowest BCUT2D eigenvalue weighted by Crippen LogP contribution is -2.57. The molecule has 1 fully saturated rings. The molecular formula is C33H28N2O4. The number of carbonyl (C=O) groups is 2. The fourth-order valence-corrected chi connectivity index (χ4v) is 7.33. The zero-order valence-electron chi connectivity index (χ0n) is 21.7. The second-order valence-corrected chi connectivity index (χ2v) is 10.5. The summed E-state index contributed by atoms with van der Waals surface area (Å²) in [5.74, 6) is 0.449. The minimum atomic E-state index is -1.29. The highest BCUT2D eigenvalue weighted by molar-refractivity contribution is 6.16. The third-order valence-electron chi connectivity index (χ3n) is 8.87. The predicted molar refractivity (Wildman–Crippen MR) is 148 cm³/mol. The van der Waals surface area contributed by atoms with Gasteiger partial charge in [-0.05, 0) is 41.3 Å². The lowest BCUT2D eigenvalue weighted by Gasteiger charge is -2.41. The van der Waals surface area contributed by atoms with Gasteiger partial charge in [-0.15, -0.1) is 0 Å². The molecule has 3 aliphatic rings. The van der Waals surface area contributed by atoms with Crippen molar-refractivity contribution >= 4 is 17.4 Å². The van der Waals surface area contributed by atoms with Gasteiger partial charge in [0.25, 0.3) is 5.91 Å². The van der Waals surface area contributed by atoms with Crippen LogP contribution in [-0.2, 0) is 16.8 Å². The van der Waals surface area contributed by atoms with Crippen LogP contribution in [0.5, 0.6) is 11.5 Å². The molecule has 39 heavy (non-hydrogen) atoms. The van der Waals surface area contributed by atoms with Crippen LogP contribution in [0, 0.1) is 5.41 Å². The second kappa shape index (κ2) is 8.55. The maximum absolute atomic E-state index is 15.0. The Morgan fingerprint density at radius 3 is 2.08 bits per heavy atom. The third-order valence-corrected chi connectivity index (χ3v) is 8.87. The highest BCUT2D eigenvalue weighted by Gasteiger charge is 2.75. The first-order chi connectivity index (χ1) is 19.0. The number of anilines is 1. The van der Waals surface area contributed by atoms with Crippen LogP contribution >= 0.6 is 0 Å². The van der Waals surface area contributed by atoms with Gasteiger partial charge >= 0.3 is 0 Å². The van der Waals surface area contributed by atoms with Crippen molar-refractivity contribution in [3.8, 4) is 11.5 Å². The number of carbonyl (C=O) groups excluding carboxylic acids is 2. The van der Waals surface area contributed by atoms with Crippen LogP contribution in [0.3, 0.4) is 0 Å². The zero-order valence-corrected chi connectivity index (χ0v) is 21.7. The number of benzene rings is 4. The Hall–Kier alpha value is -4.42. The predicted octanol–water partition coefficient (Wildman–Crippen LogP) is 5.40. The summed E-state index contributed by atoms with van der Waals surface area (Å²) in [6.45, 7) is 0. The first-order valence-electron chi connectivity index (χ1n) is 13.1. The summed E-state index contributed by atoms with van der Waals surface area (Å²) >= 11 is 0. The number of nitrogens with one attached hydrogen (secondary N) is 2. The van der Waals surface area contributed by atoms with Gasteiger partial charge in [0, 0.05) is 28.8 Å². The van der Waals surface area contributed by atoms with E-state index in [2.05, 4.69) is 34.9 Å². The van der Waals surface area contributed by atoms with Crippen LogP contribution in [0.1, 0.15) is 44.6 Å². The number of ether oxygens (including phenoxy) is 2. The molecule has 2 aliphatic heterocycles. The Bertz CT molecular complexity index is 1620. The highest BCUT2D eigenvalue weighted by Crippen LogP contribution is 2.68. The molecule has 2 N–H and O–H groups in total. The van der Waals surface area contributed by atoms with E-state index in [0.29, 0.717) is 23.5 Å². The molecule has 2 spiro atoms. The molecule has 0 radical (unpaired) electrons. The van der Waals surface area contributed by atoms with Crippen LogP contribution in [0.25, 0.3) is 0 Å². The van der Waals surface area contributed by atoms with E-state index < -0.39 is 11.0 Å². The zero-order chi connectivity index (χ0) is 26.8. The van der Waals surface area contributed by atoms with Gasteiger partial charge in [0.05, 0.1) is 19.6 Å². The molecule has 0 saturated carbocycles. The van der Waals surface area contributed by atoms with Gasteiger partial charge in [-0.25, -0.2) is 0 Å². The maximum atomic E-state index is 15.0. The van der Waals surface area contributed by atoms with Crippen molar-refractivity contribution in [1.82, 2.24) is 5.32 Å². The van der Waals surface area contributed by atoms with Gasteiger partial charge < -0.3 is 14.8 Å². The number of fused-ring (bicyclic) bond motifs is 4. The van der Waals surface area contributed by atoms with E-state index in [9.17, 15) is 4.79 Å². The normalized spacial score (nSPS) is 26.5. The molecule has 194 valence electrons. The van der Waals surface area contributed by atoms with Crippen LogP contribution in [0.2, 0.25) is 0 Å². The molecule has 7 rings (SSSR count). The molecule has 2 heterocycles. The van der Waals surface area contributed by atoms with Gasteiger partial charge in [0.2, 0.25) is 0 Å². The molecule has 6 heteroatoms. The fraction of sp³-hybridized carbons (Fsp3) is 0.212. The Labute approximate surface area is 227 Å². The molecule has 4 aromatic carbocycles. The monoisotopic (exact) mass is 516 g/mol. The molecule has 4 atom stereocenters. The van der Waals surface area contributed by atoms with E-state index in [-0.39, 0.29) is 23.7 Å². The second-order valence-electron chi connectivity index (χ2n) is 10.5. The van der Waals surface area contributed by atoms with Gasteiger partial charge in [0.1, 0.15) is 5.54 Å². The third kappa shape index (κ3) is 3.00. The summed E-state index contributed by atoms with van der Waals surface area (Å²) in [5.41, 5.74) is 2.55. The molecule has 4 unspecified atom stereocenters. The van der Waals surface area contributed by atoms with Crippen molar-refractivity contribution in [3.05, 3.63) is 125 Å². The molecule has 0 aromatic heterocycles. The van der Waals surface area contributed by atoms with Crippen LogP contribution < -0.4 is 20.1 Å². The number of methoxy groups -OCH3 is 2. The number of rotatable bonds is 4. The largest absolute Gasteiger partial charge is 0.493 e. The van der Waals surface area contributed by atoms with E-state index in [0.717, 1.165) is 27.9 Å². The Kier molecular flexibility index (Phi) is 5.19. The number of amides is 1.